The van der Waals surface area contributed by atoms with Crippen LogP contribution >= 0.6 is 47.2 Å². The van der Waals surface area contributed by atoms with E-state index >= 15 is 0 Å². The number of halogens is 4. The van der Waals surface area contributed by atoms with Crippen LogP contribution < -0.4 is 10.2 Å². The molecule has 2 aromatic rings. The van der Waals surface area contributed by atoms with Crippen molar-refractivity contribution in [2.24, 2.45) is 10.8 Å². The normalized spacial score (nSPS) is 15.9. The first-order valence-corrected chi connectivity index (χ1v) is 17.2. The molecule has 4 rings (SSSR count). The van der Waals surface area contributed by atoms with Gasteiger partial charge in [-0.2, -0.15) is 0 Å². The Labute approximate surface area is 316 Å². The van der Waals surface area contributed by atoms with Gasteiger partial charge in [-0.25, -0.2) is 19.9 Å². The molecule has 0 spiro atoms. The zero-order valence-corrected chi connectivity index (χ0v) is 33.6. The first-order valence-electron chi connectivity index (χ1n) is 16.1. The summed E-state index contributed by atoms with van der Waals surface area (Å²) in [5, 5.41) is 3.36. The van der Waals surface area contributed by atoms with E-state index in [0.717, 1.165) is 11.1 Å². The molecule has 0 amide bonds. The van der Waals surface area contributed by atoms with Crippen molar-refractivity contribution < 1.29 is 28.7 Å². The predicted molar refractivity (Wildman–Crippen MR) is 197 cm³/mol. The zero-order valence-electron chi connectivity index (χ0n) is 30.5. The van der Waals surface area contributed by atoms with Crippen LogP contribution in [0.25, 0.3) is 0 Å². The number of hydrogen-bond donors (Lipinski definition) is 1. The van der Waals surface area contributed by atoms with Gasteiger partial charge < -0.3 is 19.7 Å². The van der Waals surface area contributed by atoms with Gasteiger partial charge in [0.25, 0.3) is 0 Å². The molecule has 1 N–H and O–H groups in total. The van der Waals surface area contributed by atoms with Crippen molar-refractivity contribution in [2.75, 3.05) is 32.1 Å². The summed E-state index contributed by atoms with van der Waals surface area (Å²) in [5.74, 6) is 0.386. The summed E-state index contributed by atoms with van der Waals surface area (Å²) >= 11 is 17.6. The van der Waals surface area contributed by atoms with Gasteiger partial charge in [-0.05, 0) is 66.8 Å². The second-order valence-corrected chi connectivity index (χ2v) is 15.6. The Bertz CT molecular complexity index is 1510. The Morgan fingerprint density at radius 2 is 1.20 bits per heavy atom. The number of carbonyl (C=O) groups is 4. The zero-order chi connectivity index (χ0) is 37.3. The standard InChI is InChI=1S/C17H24ClN3O3.C9H8Cl2N2O2.C8H17NO.ClH/c1-10(22)24-13-7-6-12-14(13)19-16(18)20-15(12)21(5)9-11(23)8-17(2,3)4;1-4(14)15-6-3-2-5-7(6)12-9(11)13-8(5)10;1-8(2,3)5-7(10)6-9-4;/h13H,6-9H2,1-5H3;6H,2-3H2,1H3;9H,5-6H2,1-4H3;1H. The maximum Gasteiger partial charge on any atom is 0.303 e. The number of fused-ring (bicyclic) bond motifs is 2. The highest BCUT2D eigenvalue weighted by atomic mass is 35.5. The predicted octanol–water partition coefficient (Wildman–Crippen LogP) is 7.09. The fourth-order valence-electron chi connectivity index (χ4n) is 5.52. The number of likely N-dealkylation sites (N-methyl/N-ethyl adjacent to an activating group) is 2. The summed E-state index contributed by atoms with van der Waals surface area (Å²) in [5.41, 5.74) is 3.09. The number of aromatic nitrogens is 4. The summed E-state index contributed by atoms with van der Waals surface area (Å²) < 4.78 is 10.4. The highest BCUT2D eigenvalue weighted by molar-refractivity contribution is 6.32. The molecule has 0 bridgehead atoms. The Balaban J connectivity index is 0.000000411. The Morgan fingerprint density at radius 3 is 1.66 bits per heavy atom. The Hall–Kier alpha value is -2.64. The van der Waals surface area contributed by atoms with Crippen LogP contribution in [0, 0.1) is 10.8 Å². The summed E-state index contributed by atoms with van der Waals surface area (Å²) in [6.45, 7) is 15.8. The molecule has 2 aromatic heterocycles. The monoisotopic (exact) mass is 778 g/mol. The number of nitrogens with zero attached hydrogens (tertiary/aromatic N) is 5. The summed E-state index contributed by atoms with van der Waals surface area (Å²) in [7, 11) is 3.61. The van der Waals surface area contributed by atoms with E-state index in [4.69, 9.17) is 44.3 Å². The number of Topliss-reactive ketones (excluding diaryl/α,β-unsaturated/α-hetero) is 2. The molecule has 2 unspecified atom stereocenters. The molecule has 2 atom stereocenters. The minimum atomic E-state index is -0.393. The molecule has 280 valence electrons. The smallest absolute Gasteiger partial charge is 0.303 e. The van der Waals surface area contributed by atoms with Gasteiger partial charge in [-0.1, -0.05) is 53.1 Å². The van der Waals surface area contributed by atoms with E-state index in [2.05, 4.69) is 46.0 Å². The van der Waals surface area contributed by atoms with Crippen LogP contribution in [-0.4, -0.2) is 70.6 Å². The molecular formula is C34H50Cl4N6O6. The van der Waals surface area contributed by atoms with Gasteiger partial charge in [0.1, 0.15) is 29.0 Å². The molecule has 0 radical (unpaired) electrons. The first-order chi connectivity index (χ1) is 22.6. The van der Waals surface area contributed by atoms with Gasteiger partial charge in [0.15, 0.2) is 5.78 Å². The SMILES string of the molecule is CC(=O)OC1CCc2c(Cl)nc(Cl)nc21.CC(=O)OC1CCc2c1nc(Cl)nc2N(C)CC(=O)CC(C)(C)C.CNCC(=O)CC(C)(C)C.Cl. The number of anilines is 1. The van der Waals surface area contributed by atoms with Gasteiger partial charge in [-0.3, -0.25) is 19.2 Å². The highest BCUT2D eigenvalue weighted by Gasteiger charge is 2.32. The maximum atomic E-state index is 12.2. The number of nitrogens with one attached hydrogen (secondary N) is 1. The van der Waals surface area contributed by atoms with Crippen LogP contribution in [-0.2, 0) is 41.5 Å². The minimum absolute atomic E-state index is 0. The van der Waals surface area contributed by atoms with Crippen molar-refractivity contribution >= 4 is 76.5 Å². The number of ketones is 2. The molecule has 0 saturated carbocycles. The molecule has 0 aliphatic heterocycles. The lowest BCUT2D eigenvalue weighted by Gasteiger charge is -2.23. The molecule has 0 aromatic carbocycles. The summed E-state index contributed by atoms with van der Waals surface area (Å²) in [4.78, 5) is 63.5. The van der Waals surface area contributed by atoms with Crippen molar-refractivity contribution in [2.45, 2.75) is 106 Å². The van der Waals surface area contributed by atoms with Crippen LogP contribution in [0.1, 0.15) is 116 Å². The van der Waals surface area contributed by atoms with Crippen molar-refractivity contribution in [3.63, 3.8) is 0 Å². The van der Waals surface area contributed by atoms with E-state index < -0.39 is 6.10 Å². The number of carbonyl (C=O) groups excluding carboxylic acids is 4. The van der Waals surface area contributed by atoms with E-state index in [-0.39, 0.29) is 70.0 Å². The third kappa shape index (κ3) is 15.3. The van der Waals surface area contributed by atoms with Crippen LogP contribution in [0.4, 0.5) is 5.82 Å². The molecular weight excluding hydrogens is 730 g/mol. The van der Waals surface area contributed by atoms with Crippen molar-refractivity contribution in [1.82, 2.24) is 25.3 Å². The average molecular weight is 781 g/mol. The molecule has 0 saturated heterocycles. The van der Waals surface area contributed by atoms with E-state index in [1.54, 1.807) is 11.9 Å². The van der Waals surface area contributed by atoms with Crippen LogP contribution in [0.2, 0.25) is 15.7 Å². The lowest BCUT2D eigenvalue weighted by Crippen LogP contribution is -2.29. The number of esters is 2. The van der Waals surface area contributed by atoms with Gasteiger partial charge in [0, 0.05) is 44.9 Å². The third-order valence-corrected chi connectivity index (χ3v) is 7.75. The van der Waals surface area contributed by atoms with Gasteiger partial charge in [0.05, 0.1) is 24.5 Å². The lowest BCUT2D eigenvalue weighted by molar-refractivity contribution is -0.147. The van der Waals surface area contributed by atoms with E-state index in [9.17, 15) is 19.2 Å². The Kier molecular flexibility index (Phi) is 18.0. The molecule has 0 fully saturated rings. The van der Waals surface area contributed by atoms with Crippen molar-refractivity contribution in [3.05, 3.63) is 38.2 Å². The molecule has 50 heavy (non-hydrogen) atoms. The topological polar surface area (TPSA) is 154 Å². The first kappa shape index (κ1) is 45.4. The van der Waals surface area contributed by atoms with Crippen LogP contribution in [0.15, 0.2) is 0 Å². The minimum Gasteiger partial charge on any atom is -0.456 e. The highest BCUT2D eigenvalue weighted by Crippen LogP contribution is 2.38. The fraction of sp³-hybridized carbons (Fsp3) is 0.647. The van der Waals surface area contributed by atoms with E-state index in [0.29, 0.717) is 67.4 Å². The second-order valence-electron chi connectivity index (χ2n) is 14.5. The van der Waals surface area contributed by atoms with Crippen molar-refractivity contribution in [1.29, 1.82) is 0 Å². The summed E-state index contributed by atoms with van der Waals surface area (Å²) in [6, 6.07) is 0. The van der Waals surface area contributed by atoms with Crippen molar-refractivity contribution in [3.8, 4) is 0 Å². The number of hydrogen-bond acceptors (Lipinski definition) is 12. The van der Waals surface area contributed by atoms with Gasteiger partial charge >= 0.3 is 11.9 Å². The van der Waals surface area contributed by atoms with Gasteiger partial charge in [-0.15, -0.1) is 12.4 Å². The van der Waals surface area contributed by atoms with Crippen LogP contribution in [0.5, 0.6) is 0 Å². The Morgan fingerprint density at radius 1 is 0.760 bits per heavy atom. The number of ether oxygens (including phenoxy) is 2. The molecule has 16 heteroatoms. The van der Waals surface area contributed by atoms with Crippen LogP contribution in [0.3, 0.4) is 0 Å². The second kappa shape index (κ2) is 19.8. The average Bonchev–Trinajstić information content (AvgIpc) is 3.50. The third-order valence-electron chi connectivity index (χ3n) is 7.09. The quantitative estimate of drug-likeness (QED) is 0.157. The largest absolute Gasteiger partial charge is 0.456 e. The molecule has 2 aliphatic carbocycles. The molecule has 2 aliphatic rings. The summed E-state index contributed by atoms with van der Waals surface area (Å²) in [6.07, 6.45) is 3.17. The fourth-order valence-corrected chi connectivity index (χ4v) is 6.18. The molecule has 12 nitrogen and oxygen atoms in total. The van der Waals surface area contributed by atoms with Gasteiger partial charge in [0.2, 0.25) is 10.6 Å². The van der Waals surface area contributed by atoms with E-state index in [1.165, 1.54) is 13.8 Å². The van der Waals surface area contributed by atoms with E-state index in [1.807, 2.05) is 27.8 Å². The number of rotatable bonds is 9. The lowest BCUT2D eigenvalue weighted by atomic mass is 9.90. The molecule has 2 heterocycles. The maximum absolute atomic E-state index is 12.2.